The SMILES string of the molecule is CC(C)c1nnc(CCc2ccccc2Br)o1. The second-order valence-electron chi connectivity index (χ2n) is 4.28. The Morgan fingerprint density at radius 2 is 1.94 bits per heavy atom. The minimum absolute atomic E-state index is 0.291. The first-order chi connectivity index (χ1) is 8.16. The average molecular weight is 295 g/mol. The number of benzene rings is 1. The van der Waals surface area contributed by atoms with Crippen LogP contribution in [0, 0.1) is 0 Å². The molecule has 1 aromatic carbocycles. The summed E-state index contributed by atoms with van der Waals surface area (Å²) in [5.41, 5.74) is 1.26. The lowest BCUT2D eigenvalue weighted by Crippen LogP contribution is -1.92. The third-order valence-electron chi connectivity index (χ3n) is 2.54. The van der Waals surface area contributed by atoms with E-state index in [2.05, 4.69) is 32.2 Å². The molecule has 0 aliphatic rings. The van der Waals surface area contributed by atoms with Crippen molar-refractivity contribution in [1.29, 1.82) is 0 Å². The Morgan fingerprint density at radius 1 is 1.18 bits per heavy atom. The molecule has 0 unspecified atom stereocenters. The summed E-state index contributed by atoms with van der Waals surface area (Å²) in [7, 11) is 0. The van der Waals surface area contributed by atoms with Crippen LogP contribution in [0.4, 0.5) is 0 Å². The van der Waals surface area contributed by atoms with Gasteiger partial charge in [-0.05, 0) is 18.1 Å². The highest BCUT2D eigenvalue weighted by molar-refractivity contribution is 9.10. The summed E-state index contributed by atoms with van der Waals surface area (Å²) in [6.45, 7) is 4.09. The van der Waals surface area contributed by atoms with E-state index in [4.69, 9.17) is 4.42 Å². The van der Waals surface area contributed by atoms with Crippen LogP contribution in [0.5, 0.6) is 0 Å². The number of aromatic nitrogens is 2. The molecular formula is C13H15BrN2O. The Kier molecular flexibility index (Phi) is 3.94. The monoisotopic (exact) mass is 294 g/mol. The molecule has 0 atom stereocenters. The van der Waals surface area contributed by atoms with Crippen LogP contribution in [-0.4, -0.2) is 10.2 Å². The molecule has 1 aromatic heterocycles. The molecule has 0 spiro atoms. The zero-order chi connectivity index (χ0) is 12.3. The molecule has 0 aliphatic heterocycles. The lowest BCUT2D eigenvalue weighted by Gasteiger charge is -2.01. The zero-order valence-corrected chi connectivity index (χ0v) is 11.6. The van der Waals surface area contributed by atoms with Crippen molar-refractivity contribution < 1.29 is 4.42 Å². The van der Waals surface area contributed by atoms with Crippen LogP contribution in [0.1, 0.15) is 37.1 Å². The predicted molar refractivity (Wildman–Crippen MR) is 69.9 cm³/mol. The van der Waals surface area contributed by atoms with E-state index in [1.165, 1.54) is 5.56 Å². The van der Waals surface area contributed by atoms with Crippen molar-refractivity contribution >= 4 is 15.9 Å². The van der Waals surface area contributed by atoms with Gasteiger partial charge in [0.05, 0.1) is 0 Å². The molecule has 4 heteroatoms. The molecule has 1 heterocycles. The fourth-order valence-corrected chi connectivity index (χ4v) is 2.03. The van der Waals surface area contributed by atoms with E-state index in [1.807, 2.05) is 32.0 Å². The van der Waals surface area contributed by atoms with Crippen molar-refractivity contribution in [2.75, 3.05) is 0 Å². The number of nitrogens with zero attached hydrogens (tertiary/aromatic N) is 2. The molecule has 0 radical (unpaired) electrons. The molecule has 90 valence electrons. The Morgan fingerprint density at radius 3 is 2.59 bits per heavy atom. The number of aryl methyl sites for hydroxylation is 2. The molecule has 0 fully saturated rings. The van der Waals surface area contributed by atoms with E-state index in [1.54, 1.807) is 0 Å². The second-order valence-corrected chi connectivity index (χ2v) is 5.13. The van der Waals surface area contributed by atoms with Crippen LogP contribution in [0.15, 0.2) is 33.2 Å². The molecule has 2 rings (SSSR count). The maximum atomic E-state index is 5.57. The van der Waals surface area contributed by atoms with Gasteiger partial charge in [-0.25, -0.2) is 0 Å². The Labute approximate surface area is 109 Å². The van der Waals surface area contributed by atoms with Gasteiger partial charge in [0, 0.05) is 16.8 Å². The van der Waals surface area contributed by atoms with Gasteiger partial charge in [-0.2, -0.15) is 0 Å². The first-order valence-corrected chi connectivity index (χ1v) is 6.52. The van der Waals surface area contributed by atoms with Crippen LogP contribution < -0.4 is 0 Å². The third-order valence-corrected chi connectivity index (χ3v) is 3.32. The highest BCUT2D eigenvalue weighted by Crippen LogP contribution is 2.18. The summed E-state index contributed by atoms with van der Waals surface area (Å²) in [4.78, 5) is 0. The van der Waals surface area contributed by atoms with Crippen molar-refractivity contribution in [3.05, 3.63) is 46.1 Å². The lowest BCUT2D eigenvalue weighted by atomic mass is 10.1. The fraction of sp³-hybridized carbons (Fsp3) is 0.385. The van der Waals surface area contributed by atoms with Crippen LogP contribution in [0.25, 0.3) is 0 Å². The Balaban J connectivity index is 2.00. The van der Waals surface area contributed by atoms with Crippen LogP contribution >= 0.6 is 15.9 Å². The topological polar surface area (TPSA) is 38.9 Å². The maximum absolute atomic E-state index is 5.57. The van der Waals surface area contributed by atoms with Gasteiger partial charge in [0.15, 0.2) is 0 Å². The van der Waals surface area contributed by atoms with Gasteiger partial charge in [0.2, 0.25) is 11.8 Å². The van der Waals surface area contributed by atoms with Gasteiger partial charge in [0.25, 0.3) is 0 Å². The highest BCUT2D eigenvalue weighted by Gasteiger charge is 2.09. The summed E-state index contributed by atoms with van der Waals surface area (Å²) in [5.74, 6) is 1.72. The normalized spacial score (nSPS) is 11.1. The smallest absolute Gasteiger partial charge is 0.219 e. The van der Waals surface area contributed by atoms with Gasteiger partial charge in [-0.15, -0.1) is 10.2 Å². The largest absolute Gasteiger partial charge is 0.425 e. The van der Waals surface area contributed by atoms with Gasteiger partial charge < -0.3 is 4.42 Å². The molecule has 0 saturated carbocycles. The van der Waals surface area contributed by atoms with Crippen molar-refractivity contribution in [2.24, 2.45) is 0 Å². The van der Waals surface area contributed by atoms with E-state index < -0.39 is 0 Å². The van der Waals surface area contributed by atoms with Crippen molar-refractivity contribution in [3.63, 3.8) is 0 Å². The molecule has 0 bridgehead atoms. The van der Waals surface area contributed by atoms with Crippen molar-refractivity contribution in [1.82, 2.24) is 10.2 Å². The molecule has 0 aliphatic carbocycles. The number of hydrogen-bond donors (Lipinski definition) is 0. The minimum Gasteiger partial charge on any atom is -0.425 e. The second kappa shape index (κ2) is 5.45. The van der Waals surface area contributed by atoms with E-state index in [-0.39, 0.29) is 0 Å². The zero-order valence-electron chi connectivity index (χ0n) is 9.98. The van der Waals surface area contributed by atoms with Crippen LogP contribution in [-0.2, 0) is 12.8 Å². The number of rotatable bonds is 4. The summed E-state index contributed by atoms with van der Waals surface area (Å²) in [6.07, 6.45) is 1.68. The Bertz CT molecular complexity index is 494. The first kappa shape index (κ1) is 12.3. The van der Waals surface area contributed by atoms with Crippen molar-refractivity contribution in [2.45, 2.75) is 32.6 Å². The van der Waals surface area contributed by atoms with Crippen molar-refractivity contribution in [3.8, 4) is 0 Å². The lowest BCUT2D eigenvalue weighted by molar-refractivity contribution is 0.431. The molecule has 0 amide bonds. The molecule has 0 saturated heterocycles. The standard InChI is InChI=1S/C13H15BrN2O/c1-9(2)13-16-15-12(17-13)8-7-10-5-3-4-6-11(10)14/h3-6,9H,7-8H2,1-2H3. The third kappa shape index (κ3) is 3.16. The maximum Gasteiger partial charge on any atom is 0.219 e. The minimum atomic E-state index is 0.291. The highest BCUT2D eigenvalue weighted by atomic mass is 79.9. The molecular weight excluding hydrogens is 280 g/mol. The van der Waals surface area contributed by atoms with Crippen LogP contribution in [0.2, 0.25) is 0 Å². The van der Waals surface area contributed by atoms with Crippen LogP contribution in [0.3, 0.4) is 0 Å². The summed E-state index contributed by atoms with van der Waals surface area (Å²) < 4.78 is 6.70. The van der Waals surface area contributed by atoms with E-state index in [0.29, 0.717) is 17.7 Å². The number of hydrogen-bond acceptors (Lipinski definition) is 3. The fourth-order valence-electron chi connectivity index (χ4n) is 1.54. The predicted octanol–water partition coefficient (Wildman–Crippen LogP) is 3.74. The van der Waals surface area contributed by atoms with Gasteiger partial charge in [0.1, 0.15) is 0 Å². The summed E-state index contributed by atoms with van der Waals surface area (Å²) in [5, 5.41) is 8.07. The molecule has 17 heavy (non-hydrogen) atoms. The Hall–Kier alpha value is -1.16. The van der Waals surface area contributed by atoms with E-state index in [0.717, 1.165) is 17.3 Å². The van der Waals surface area contributed by atoms with Gasteiger partial charge in [-0.3, -0.25) is 0 Å². The summed E-state index contributed by atoms with van der Waals surface area (Å²) in [6, 6.07) is 8.19. The number of halogens is 1. The van der Waals surface area contributed by atoms with E-state index in [9.17, 15) is 0 Å². The van der Waals surface area contributed by atoms with Gasteiger partial charge >= 0.3 is 0 Å². The average Bonchev–Trinajstić information content (AvgIpc) is 2.77. The first-order valence-electron chi connectivity index (χ1n) is 5.72. The quantitative estimate of drug-likeness (QED) is 0.862. The molecule has 3 nitrogen and oxygen atoms in total. The molecule has 2 aromatic rings. The summed E-state index contributed by atoms with van der Waals surface area (Å²) >= 11 is 3.53. The van der Waals surface area contributed by atoms with E-state index >= 15 is 0 Å². The van der Waals surface area contributed by atoms with Gasteiger partial charge in [-0.1, -0.05) is 48.0 Å². The molecule has 0 N–H and O–H groups in total.